The maximum Gasteiger partial charge on any atom is 0.120 e. The van der Waals surface area contributed by atoms with Crippen LogP contribution in [0.4, 0.5) is 0 Å². The number of phenolic OH excluding ortho intramolecular Hbond substituents is 1. The topological polar surface area (TPSA) is 20.2 Å². The molecule has 94 valence electrons. The average molecular weight is 250 g/mol. The van der Waals surface area contributed by atoms with Crippen molar-refractivity contribution in [2.24, 2.45) is 0 Å². The van der Waals surface area contributed by atoms with E-state index < -0.39 is 0 Å². The molecule has 0 amide bonds. The maximum atomic E-state index is 9.99. The van der Waals surface area contributed by atoms with Gasteiger partial charge in [0.05, 0.1) is 5.25 Å². The number of hydrogen-bond acceptors (Lipinski definition) is 2. The number of aryl methyl sites for hydroxylation is 1. The highest BCUT2D eigenvalue weighted by Gasteiger charge is 2.15. The number of rotatable bonds is 4. The Balaban J connectivity index is 3.11. The lowest BCUT2D eigenvalue weighted by Crippen LogP contribution is -1.98. The van der Waals surface area contributed by atoms with Crippen LogP contribution >= 0.6 is 11.8 Å². The molecule has 0 saturated heterocycles. The smallest absolute Gasteiger partial charge is 0.120 e. The lowest BCUT2D eigenvalue weighted by Gasteiger charge is -2.18. The van der Waals surface area contributed by atoms with E-state index in [-0.39, 0.29) is 5.25 Å². The highest BCUT2D eigenvalue weighted by atomic mass is 32.2. The van der Waals surface area contributed by atoms with Gasteiger partial charge in [0.1, 0.15) is 5.75 Å². The molecule has 1 unspecified atom stereocenters. The SMILES string of the molecule is CC(C)=CC(SC(C)C)c1cc(C)ccc1O. The average Bonchev–Trinajstić information content (AvgIpc) is 2.19. The van der Waals surface area contributed by atoms with Gasteiger partial charge in [-0.2, -0.15) is 0 Å². The van der Waals surface area contributed by atoms with Crippen molar-refractivity contribution in [2.75, 3.05) is 0 Å². The van der Waals surface area contributed by atoms with Gasteiger partial charge in [-0.05, 0) is 32.1 Å². The van der Waals surface area contributed by atoms with E-state index >= 15 is 0 Å². The zero-order chi connectivity index (χ0) is 13.0. The Kier molecular flexibility index (Phi) is 5.13. The molecule has 1 nitrogen and oxygen atoms in total. The zero-order valence-electron chi connectivity index (χ0n) is 11.3. The van der Waals surface area contributed by atoms with E-state index in [2.05, 4.69) is 46.8 Å². The van der Waals surface area contributed by atoms with Crippen LogP contribution in [0.3, 0.4) is 0 Å². The number of aromatic hydroxyl groups is 1. The summed E-state index contributed by atoms with van der Waals surface area (Å²) in [6.45, 7) is 10.6. The number of benzene rings is 1. The predicted octanol–water partition coefficient (Wildman–Crippen LogP) is 4.85. The van der Waals surface area contributed by atoms with Crippen LogP contribution in [0.5, 0.6) is 5.75 Å². The Morgan fingerprint density at radius 3 is 2.47 bits per heavy atom. The van der Waals surface area contributed by atoms with Crippen molar-refractivity contribution in [3.63, 3.8) is 0 Å². The fourth-order valence-electron chi connectivity index (χ4n) is 1.70. The molecule has 1 atom stereocenters. The molecule has 0 bridgehead atoms. The van der Waals surface area contributed by atoms with Crippen LogP contribution in [-0.4, -0.2) is 10.4 Å². The lowest BCUT2D eigenvalue weighted by molar-refractivity contribution is 0.469. The molecule has 0 spiro atoms. The van der Waals surface area contributed by atoms with Gasteiger partial charge in [0, 0.05) is 5.56 Å². The van der Waals surface area contributed by atoms with Gasteiger partial charge in [-0.25, -0.2) is 0 Å². The number of phenols is 1. The van der Waals surface area contributed by atoms with Gasteiger partial charge < -0.3 is 5.11 Å². The fraction of sp³-hybridized carbons (Fsp3) is 0.467. The third-order valence-electron chi connectivity index (χ3n) is 2.39. The van der Waals surface area contributed by atoms with Gasteiger partial charge in [-0.1, -0.05) is 43.2 Å². The minimum absolute atomic E-state index is 0.236. The van der Waals surface area contributed by atoms with Crippen molar-refractivity contribution >= 4 is 11.8 Å². The molecule has 0 aliphatic heterocycles. The Morgan fingerprint density at radius 2 is 1.94 bits per heavy atom. The first-order chi connectivity index (χ1) is 7.90. The summed E-state index contributed by atoms with van der Waals surface area (Å²) < 4.78 is 0. The van der Waals surface area contributed by atoms with Crippen molar-refractivity contribution in [3.05, 3.63) is 41.0 Å². The van der Waals surface area contributed by atoms with E-state index in [1.54, 1.807) is 6.07 Å². The summed E-state index contributed by atoms with van der Waals surface area (Å²) in [5.74, 6) is 0.395. The molecule has 17 heavy (non-hydrogen) atoms. The Hall–Kier alpha value is -0.890. The maximum absolute atomic E-state index is 9.99. The van der Waals surface area contributed by atoms with Gasteiger partial charge in [0.15, 0.2) is 0 Å². The molecule has 0 saturated carbocycles. The number of thioether (sulfide) groups is 1. The first-order valence-corrected chi connectivity index (χ1v) is 6.94. The molecule has 0 aliphatic carbocycles. The van der Waals surface area contributed by atoms with Crippen LogP contribution in [-0.2, 0) is 0 Å². The second-order valence-corrected chi connectivity index (χ2v) is 6.63. The monoisotopic (exact) mass is 250 g/mol. The summed E-state index contributed by atoms with van der Waals surface area (Å²) in [5.41, 5.74) is 3.49. The molecule has 1 N–H and O–H groups in total. The second-order valence-electron chi connectivity index (χ2n) is 4.91. The molecule has 0 heterocycles. The van der Waals surface area contributed by atoms with Crippen LogP contribution < -0.4 is 0 Å². The standard InChI is InChI=1S/C15H22OS/c1-10(2)8-15(17-11(3)4)13-9-12(5)6-7-14(13)16/h6-9,11,15-16H,1-5H3. The van der Waals surface area contributed by atoms with Crippen molar-refractivity contribution in [1.29, 1.82) is 0 Å². The largest absolute Gasteiger partial charge is 0.508 e. The van der Waals surface area contributed by atoms with Crippen LogP contribution in [0.15, 0.2) is 29.8 Å². The Morgan fingerprint density at radius 1 is 1.29 bits per heavy atom. The molecule has 0 fully saturated rings. The summed E-state index contributed by atoms with van der Waals surface area (Å²) in [5, 5.41) is 10.8. The normalized spacial score (nSPS) is 12.6. The quantitative estimate of drug-likeness (QED) is 0.771. The molecule has 1 aromatic rings. The van der Waals surface area contributed by atoms with Gasteiger partial charge in [-0.15, -0.1) is 11.8 Å². The van der Waals surface area contributed by atoms with Crippen LogP contribution in [0.2, 0.25) is 0 Å². The Labute approximate surface area is 109 Å². The first kappa shape index (κ1) is 14.2. The van der Waals surface area contributed by atoms with Gasteiger partial charge in [-0.3, -0.25) is 0 Å². The summed E-state index contributed by atoms with van der Waals surface area (Å²) in [7, 11) is 0. The molecular weight excluding hydrogens is 228 g/mol. The van der Waals surface area contributed by atoms with Crippen molar-refractivity contribution < 1.29 is 5.11 Å². The van der Waals surface area contributed by atoms with Gasteiger partial charge in [0.2, 0.25) is 0 Å². The van der Waals surface area contributed by atoms with Crippen molar-refractivity contribution in [1.82, 2.24) is 0 Å². The van der Waals surface area contributed by atoms with E-state index in [4.69, 9.17) is 0 Å². The molecule has 0 aromatic heterocycles. The van der Waals surface area contributed by atoms with E-state index in [1.165, 1.54) is 11.1 Å². The minimum Gasteiger partial charge on any atom is -0.508 e. The molecule has 2 heteroatoms. The van der Waals surface area contributed by atoms with E-state index in [0.29, 0.717) is 11.0 Å². The summed E-state index contributed by atoms with van der Waals surface area (Å²) >= 11 is 1.87. The van der Waals surface area contributed by atoms with E-state index in [0.717, 1.165) is 5.56 Å². The van der Waals surface area contributed by atoms with Crippen LogP contribution in [0.1, 0.15) is 44.1 Å². The van der Waals surface area contributed by atoms with Crippen molar-refractivity contribution in [3.8, 4) is 5.75 Å². The summed E-state index contributed by atoms with van der Waals surface area (Å²) in [6.07, 6.45) is 2.22. The number of hydrogen-bond donors (Lipinski definition) is 1. The van der Waals surface area contributed by atoms with Crippen molar-refractivity contribution in [2.45, 2.75) is 45.1 Å². The summed E-state index contributed by atoms with van der Waals surface area (Å²) in [6, 6.07) is 5.81. The van der Waals surface area contributed by atoms with Gasteiger partial charge >= 0.3 is 0 Å². The van der Waals surface area contributed by atoms with E-state index in [9.17, 15) is 5.11 Å². The zero-order valence-corrected chi connectivity index (χ0v) is 12.1. The second kappa shape index (κ2) is 6.15. The minimum atomic E-state index is 0.236. The highest BCUT2D eigenvalue weighted by molar-refractivity contribution is 8.00. The predicted molar refractivity (Wildman–Crippen MR) is 77.7 cm³/mol. The molecular formula is C15H22OS. The molecule has 1 aromatic carbocycles. The first-order valence-electron chi connectivity index (χ1n) is 6.00. The molecule has 0 aliphatic rings. The lowest BCUT2D eigenvalue weighted by atomic mass is 10.1. The number of allylic oxidation sites excluding steroid dienone is 1. The molecule has 1 rings (SSSR count). The van der Waals surface area contributed by atoms with E-state index in [1.807, 2.05) is 17.8 Å². The third kappa shape index (κ3) is 4.47. The third-order valence-corrected chi connectivity index (χ3v) is 3.62. The van der Waals surface area contributed by atoms with Crippen LogP contribution in [0.25, 0.3) is 0 Å². The van der Waals surface area contributed by atoms with Gasteiger partial charge in [0.25, 0.3) is 0 Å². The molecule has 0 radical (unpaired) electrons. The van der Waals surface area contributed by atoms with Crippen LogP contribution in [0, 0.1) is 6.92 Å². The fourth-order valence-corrected chi connectivity index (χ4v) is 2.97. The summed E-state index contributed by atoms with van der Waals surface area (Å²) in [4.78, 5) is 0. The Bertz CT molecular complexity index is 403. The highest BCUT2D eigenvalue weighted by Crippen LogP contribution is 2.38.